The molecule has 2 N–H and O–H groups in total. The Labute approximate surface area is 146 Å². The summed E-state index contributed by atoms with van der Waals surface area (Å²) in [5.41, 5.74) is 1.65. The molecule has 0 aromatic heterocycles. The van der Waals surface area contributed by atoms with E-state index < -0.39 is 23.7 Å². The van der Waals surface area contributed by atoms with Crippen LogP contribution in [0, 0.1) is 5.82 Å². The predicted molar refractivity (Wildman–Crippen MR) is 94.1 cm³/mol. The second-order valence-corrected chi connectivity index (χ2v) is 6.99. The Morgan fingerprint density at radius 3 is 2.20 bits per heavy atom. The van der Waals surface area contributed by atoms with Crippen LogP contribution in [0.2, 0.25) is 0 Å². The van der Waals surface area contributed by atoms with E-state index >= 15 is 0 Å². The van der Waals surface area contributed by atoms with E-state index in [9.17, 15) is 19.1 Å². The van der Waals surface area contributed by atoms with Crippen molar-refractivity contribution in [3.8, 4) is 0 Å². The number of hydrogen-bond acceptors (Lipinski definition) is 2. The van der Waals surface area contributed by atoms with Crippen molar-refractivity contribution in [3.05, 3.63) is 71.0 Å². The first-order chi connectivity index (χ1) is 11.7. The lowest BCUT2D eigenvalue weighted by atomic mass is 9.86. The number of benzene rings is 2. The Bertz CT molecular complexity index is 763. The molecule has 5 heteroatoms. The third-order valence-electron chi connectivity index (χ3n) is 4.00. The number of rotatable bonds is 5. The van der Waals surface area contributed by atoms with Gasteiger partial charge in [0.25, 0.3) is 5.91 Å². The molecular formula is C20H22FNO3. The summed E-state index contributed by atoms with van der Waals surface area (Å²) in [6.07, 6.45) is -0.117. The number of carbonyl (C=O) groups excluding carboxylic acids is 1. The zero-order chi connectivity index (χ0) is 18.6. The number of carboxylic acid groups (broad SMARTS) is 1. The van der Waals surface area contributed by atoms with Crippen LogP contribution in [-0.4, -0.2) is 23.0 Å². The summed E-state index contributed by atoms with van der Waals surface area (Å²) < 4.78 is 13.7. The smallest absolute Gasteiger partial charge is 0.326 e. The van der Waals surface area contributed by atoms with E-state index in [0.29, 0.717) is 5.56 Å². The van der Waals surface area contributed by atoms with Crippen molar-refractivity contribution in [3.63, 3.8) is 0 Å². The average Bonchev–Trinajstić information content (AvgIpc) is 2.55. The molecule has 132 valence electrons. The summed E-state index contributed by atoms with van der Waals surface area (Å²) >= 11 is 0. The largest absolute Gasteiger partial charge is 0.480 e. The second-order valence-electron chi connectivity index (χ2n) is 6.99. The Morgan fingerprint density at radius 2 is 1.68 bits per heavy atom. The summed E-state index contributed by atoms with van der Waals surface area (Å²) in [7, 11) is 0. The predicted octanol–water partition coefficient (Wildman–Crippen LogP) is 3.55. The van der Waals surface area contributed by atoms with Crippen LogP contribution >= 0.6 is 0 Å². The summed E-state index contributed by atoms with van der Waals surface area (Å²) in [5.74, 6) is -2.19. The number of amides is 1. The molecule has 0 heterocycles. The molecule has 0 aliphatic heterocycles. The van der Waals surface area contributed by atoms with Crippen molar-refractivity contribution in [2.45, 2.75) is 38.6 Å². The highest BCUT2D eigenvalue weighted by atomic mass is 19.1. The van der Waals surface area contributed by atoms with Crippen LogP contribution in [0.1, 0.15) is 42.3 Å². The molecule has 2 aromatic rings. The lowest BCUT2D eigenvalue weighted by Crippen LogP contribution is -2.42. The molecule has 0 spiro atoms. The number of nitrogens with one attached hydrogen (secondary N) is 1. The molecule has 0 unspecified atom stereocenters. The minimum absolute atomic E-state index is 0.0383. The molecule has 2 rings (SSSR count). The molecule has 1 amide bonds. The number of carboxylic acids is 1. The van der Waals surface area contributed by atoms with Gasteiger partial charge in [0, 0.05) is 12.0 Å². The van der Waals surface area contributed by atoms with Gasteiger partial charge in [0.15, 0.2) is 0 Å². The fraction of sp³-hybridized carbons (Fsp3) is 0.300. The zero-order valence-electron chi connectivity index (χ0n) is 14.5. The maximum absolute atomic E-state index is 13.7. The Balaban J connectivity index is 2.13. The fourth-order valence-corrected chi connectivity index (χ4v) is 2.45. The lowest BCUT2D eigenvalue weighted by Gasteiger charge is -2.19. The highest BCUT2D eigenvalue weighted by Gasteiger charge is 2.23. The average molecular weight is 343 g/mol. The van der Waals surface area contributed by atoms with E-state index in [4.69, 9.17) is 0 Å². The van der Waals surface area contributed by atoms with Crippen LogP contribution in [0.3, 0.4) is 0 Å². The van der Waals surface area contributed by atoms with Crippen molar-refractivity contribution >= 4 is 11.9 Å². The number of carbonyl (C=O) groups is 2. The summed E-state index contributed by atoms with van der Waals surface area (Å²) in [6, 6.07) is 11.8. The quantitative estimate of drug-likeness (QED) is 0.872. The minimum atomic E-state index is -1.21. The van der Waals surface area contributed by atoms with Gasteiger partial charge in [-0.25, -0.2) is 9.18 Å². The summed E-state index contributed by atoms with van der Waals surface area (Å²) in [5, 5.41) is 11.8. The number of hydrogen-bond donors (Lipinski definition) is 2. The van der Waals surface area contributed by atoms with E-state index in [-0.39, 0.29) is 17.4 Å². The van der Waals surface area contributed by atoms with E-state index in [2.05, 4.69) is 26.1 Å². The van der Waals surface area contributed by atoms with Crippen LogP contribution in [-0.2, 0) is 16.6 Å². The Morgan fingerprint density at radius 1 is 1.08 bits per heavy atom. The molecule has 4 nitrogen and oxygen atoms in total. The molecule has 0 radical (unpaired) electrons. The lowest BCUT2D eigenvalue weighted by molar-refractivity contribution is -0.139. The molecule has 0 aliphatic rings. The van der Waals surface area contributed by atoms with Crippen LogP contribution in [0.15, 0.2) is 48.5 Å². The Hall–Kier alpha value is -2.69. The van der Waals surface area contributed by atoms with E-state index in [1.165, 1.54) is 18.2 Å². The van der Waals surface area contributed by atoms with Crippen LogP contribution in [0.25, 0.3) is 0 Å². The molecule has 0 fully saturated rings. The van der Waals surface area contributed by atoms with Crippen LogP contribution in [0.4, 0.5) is 4.39 Å². The standard InChI is InChI=1S/C20H22FNO3/c1-20(2,3)15-10-8-13(9-11-15)18(23)22-17(19(24)25)12-14-6-4-5-7-16(14)21/h4-11,17H,12H2,1-3H3,(H,22,23)(H,24,25)/t17-/m1/s1. The molecular weight excluding hydrogens is 321 g/mol. The van der Waals surface area contributed by atoms with Gasteiger partial charge in [-0.2, -0.15) is 0 Å². The van der Waals surface area contributed by atoms with Crippen molar-refractivity contribution in [2.75, 3.05) is 0 Å². The van der Waals surface area contributed by atoms with Gasteiger partial charge in [-0.3, -0.25) is 4.79 Å². The van der Waals surface area contributed by atoms with E-state index in [0.717, 1.165) is 5.56 Å². The fourth-order valence-electron chi connectivity index (χ4n) is 2.45. The van der Waals surface area contributed by atoms with Gasteiger partial charge in [0.1, 0.15) is 11.9 Å². The van der Waals surface area contributed by atoms with Crippen molar-refractivity contribution in [1.29, 1.82) is 0 Å². The number of halogens is 1. The summed E-state index contributed by atoms with van der Waals surface area (Å²) in [6.45, 7) is 6.20. The first kappa shape index (κ1) is 18.6. The third kappa shape index (κ3) is 4.89. The first-order valence-electron chi connectivity index (χ1n) is 8.06. The molecule has 1 atom stereocenters. The maximum Gasteiger partial charge on any atom is 0.326 e. The summed E-state index contributed by atoms with van der Waals surface area (Å²) in [4.78, 5) is 23.8. The molecule has 0 bridgehead atoms. The van der Waals surface area contributed by atoms with Gasteiger partial charge in [-0.05, 0) is 34.7 Å². The van der Waals surface area contributed by atoms with Gasteiger partial charge >= 0.3 is 5.97 Å². The molecule has 0 aliphatic carbocycles. The van der Waals surface area contributed by atoms with Gasteiger partial charge in [0.05, 0.1) is 0 Å². The van der Waals surface area contributed by atoms with E-state index in [1.54, 1.807) is 18.2 Å². The number of aliphatic carboxylic acids is 1. The highest BCUT2D eigenvalue weighted by molar-refractivity contribution is 5.96. The van der Waals surface area contributed by atoms with Gasteiger partial charge < -0.3 is 10.4 Å². The molecule has 2 aromatic carbocycles. The van der Waals surface area contributed by atoms with E-state index in [1.807, 2.05) is 12.1 Å². The monoisotopic (exact) mass is 343 g/mol. The van der Waals surface area contributed by atoms with Gasteiger partial charge in [-0.1, -0.05) is 51.1 Å². The molecule has 0 saturated carbocycles. The SMILES string of the molecule is CC(C)(C)c1ccc(C(=O)N[C@H](Cc2ccccc2F)C(=O)O)cc1. The van der Waals surface area contributed by atoms with Gasteiger partial charge in [0.2, 0.25) is 0 Å². The molecule has 0 saturated heterocycles. The van der Waals surface area contributed by atoms with Crippen LogP contribution in [0.5, 0.6) is 0 Å². The Kier molecular flexibility index (Phi) is 5.57. The van der Waals surface area contributed by atoms with Crippen molar-refractivity contribution < 1.29 is 19.1 Å². The minimum Gasteiger partial charge on any atom is -0.480 e. The zero-order valence-corrected chi connectivity index (χ0v) is 14.5. The van der Waals surface area contributed by atoms with Crippen LogP contribution < -0.4 is 5.32 Å². The highest BCUT2D eigenvalue weighted by Crippen LogP contribution is 2.22. The molecule has 25 heavy (non-hydrogen) atoms. The normalized spacial score (nSPS) is 12.5. The second kappa shape index (κ2) is 7.47. The maximum atomic E-state index is 13.7. The first-order valence-corrected chi connectivity index (χ1v) is 8.06. The van der Waals surface area contributed by atoms with Crippen molar-refractivity contribution in [1.82, 2.24) is 5.32 Å². The third-order valence-corrected chi connectivity index (χ3v) is 4.00. The van der Waals surface area contributed by atoms with Crippen molar-refractivity contribution in [2.24, 2.45) is 0 Å². The topological polar surface area (TPSA) is 66.4 Å². The van der Waals surface area contributed by atoms with Gasteiger partial charge in [-0.15, -0.1) is 0 Å².